The normalized spacial score (nSPS) is 12.7. The van der Waals surface area contributed by atoms with Crippen molar-refractivity contribution in [3.05, 3.63) is 30.1 Å². The van der Waals surface area contributed by atoms with Crippen LogP contribution in [0.25, 0.3) is 0 Å². The number of pyridine rings is 1. The Labute approximate surface area is 138 Å². The number of carbonyl (C=O) groups excluding carboxylic acids is 1. The zero-order valence-electron chi connectivity index (χ0n) is 14.3. The molecule has 0 fully saturated rings. The Bertz CT molecular complexity index is 625. The summed E-state index contributed by atoms with van der Waals surface area (Å²) in [4.78, 5) is 27.2. The third-order valence-corrected chi connectivity index (χ3v) is 8.63. The number of hydrogen-bond donors (Lipinski definition) is 2. The van der Waals surface area contributed by atoms with Crippen LogP contribution in [0.3, 0.4) is 0 Å². The number of carboxylic acid groups (broad SMARTS) is 1. The van der Waals surface area contributed by atoms with E-state index in [0.717, 1.165) is 0 Å². The van der Waals surface area contributed by atoms with E-state index in [2.05, 4.69) is 55.6 Å². The van der Waals surface area contributed by atoms with E-state index >= 15 is 0 Å². The Kier molecular flexibility index (Phi) is 6.10. The van der Waals surface area contributed by atoms with Gasteiger partial charge in [-0.2, -0.15) is 0 Å². The number of nitrogens with one attached hydrogen (secondary N) is 1. The summed E-state index contributed by atoms with van der Waals surface area (Å²) in [5.74, 6) is 1.36. The molecule has 5 nitrogen and oxygen atoms in total. The first kappa shape index (κ1) is 18.9. The van der Waals surface area contributed by atoms with Crippen LogP contribution in [-0.4, -0.2) is 36.1 Å². The van der Waals surface area contributed by atoms with Gasteiger partial charge in [0.2, 0.25) is 0 Å². The van der Waals surface area contributed by atoms with Crippen molar-refractivity contribution in [1.29, 1.82) is 0 Å². The number of carboxylic acids is 1. The van der Waals surface area contributed by atoms with Gasteiger partial charge in [0.25, 0.3) is 5.91 Å². The first-order chi connectivity index (χ1) is 10.5. The largest absolute Gasteiger partial charge is 0.480 e. The molecule has 0 unspecified atom stereocenters. The SMILES string of the molecule is CC(C)(C)[Si](C)(C)C#CC[C@H](NC(=O)c1ccccn1)C(=O)O. The molecule has 0 radical (unpaired) electrons. The second-order valence-electron chi connectivity index (χ2n) is 6.96. The minimum absolute atomic E-state index is 0.0837. The first-order valence-electron chi connectivity index (χ1n) is 7.49. The number of nitrogens with zero attached hydrogens (tertiary/aromatic N) is 1. The molecule has 23 heavy (non-hydrogen) atoms. The van der Waals surface area contributed by atoms with Crippen molar-refractivity contribution in [3.63, 3.8) is 0 Å². The lowest BCUT2D eigenvalue weighted by Crippen LogP contribution is -2.41. The van der Waals surface area contributed by atoms with Crippen LogP contribution in [0.15, 0.2) is 24.4 Å². The van der Waals surface area contributed by atoms with Crippen LogP contribution < -0.4 is 5.32 Å². The predicted octanol–water partition coefficient (Wildman–Crippen LogP) is 2.71. The van der Waals surface area contributed by atoms with Gasteiger partial charge in [-0.25, -0.2) is 4.79 Å². The molecular formula is C17H24N2O3Si. The number of amides is 1. The van der Waals surface area contributed by atoms with E-state index in [1.54, 1.807) is 12.1 Å². The Morgan fingerprint density at radius 1 is 1.35 bits per heavy atom. The molecule has 2 N–H and O–H groups in total. The molecule has 0 aliphatic carbocycles. The van der Waals surface area contributed by atoms with E-state index < -0.39 is 26.0 Å². The minimum atomic E-state index is -1.79. The fraction of sp³-hybridized carbons (Fsp3) is 0.471. The first-order valence-corrected chi connectivity index (χ1v) is 10.5. The Balaban J connectivity index is 2.79. The maximum Gasteiger partial charge on any atom is 0.327 e. The molecule has 1 aromatic rings. The zero-order valence-corrected chi connectivity index (χ0v) is 15.3. The second-order valence-corrected chi connectivity index (χ2v) is 12.0. The molecule has 1 amide bonds. The van der Waals surface area contributed by atoms with E-state index in [4.69, 9.17) is 0 Å². The molecule has 0 spiro atoms. The molecule has 0 saturated heterocycles. The molecule has 1 heterocycles. The summed E-state index contributed by atoms with van der Waals surface area (Å²) < 4.78 is 0. The lowest BCUT2D eigenvalue weighted by molar-refractivity contribution is -0.139. The van der Waals surface area contributed by atoms with E-state index in [-0.39, 0.29) is 17.2 Å². The van der Waals surface area contributed by atoms with E-state index in [1.807, 2.05) is 0 Å². The van der Waals surface area contributed by atoms with Gasteiger partial charge < -0.3 is 10.4 Å². The molecular weight excluding hydrogens is 308 g/mol. The summed E-state index contributed by atoms with van der Waals surface area (Å²) in [5.41, 5.74) is 3.45. The van der Waals surface area contributed by atoms with Gasteiger partial charge >= 0.3 is 5.97 Å². The van der Waals surface area contributed by atoms with Crippen LogP contribution in [0.5, 0.6) is 0 Å². The number of carbonyl (C=O) groups is 2. The average molecular weight is 332 g/mol. The molecule has 0 aliphatic rings. The highest BCUT2D eigenvalue weighted by molar-refractivity contribution is 6.87. The molecule has 124 valence electrons. The zero-order chi connectivity index (χ0) is 17.7. The van der Waals surface area contributed by atoms with Gasteiger partial charge in [0.05, 0.1) is 0 Å². The lowest BCUT2D eigenvalue weighted by atomic mass is 10.2. The molecule has 0 saturated carbocycles. The van der Waals surface area contributed by atoms with Gasteiger partial charge in [-0.05, 0) is 17.2 Å². The summed E-state index contributed by atoms with van der Waals surface area (Å²) in [6.45, 7) is 10.7. The molecule has 0 aliphatic heterocycles. The third kappa shape index (κ3) is 5.53. The van der Waals surface area contributed by atoms with Crippen LogP contribution in [-0.2, 0) is 4.79 Å². The topological polar surface area (TPSA) is 79.3 Å². The fourth-order valence-electron chi connectivity index (χ4n) is 1.49. The van der Waals surface area contributed by atoms with Crippen LogP contribution in [0.4, 0.5) is 0 Å². The molecule has 1 atom stereocenters. The third-order valence-electron chi connectivity index (χ3n) is 4.08. The smallest absolute Gasteiger partial charge is 0.327 e. The molecule has 6 heteroatoms. The lowest BCUT2D eigenvalue weighted by Gasteiger charge is -2.31. The van der Waals surface area contributed by atoms with Gasteiger partial charge in [-0.1, -0.05) is 39.9 Å². The number of hydrogen-bond acceptors (Lipinski definition) is 3. The Hall–Kier alpha value is -2.13. The van der Waals surface area contributed by atoms with Crippen molar-refractivity contribution in [2.45, 2.75) is 51.4 Å². The average Bonchev–Trinajstić information content (AvgIpc) is 2.45. The summed E-state index contributed by atoms with van der Waals surface area (Å²) in [5, 5.41) is 11.8. The number of aliphatic carboxylic acids is 1. The highest BCUT2D eigenvalue weighted by Gasteiger charge is 2.33. The van der Waals surface area contributed by atoms with Crippen molar-refractivity contribution < 1.29 is 14.7 Å². The molecule has 0 bridgehead atoms. The van der Waals surface area contributed by atoms with Crippen LogP contribution in [0.1, 0.15) is 37.7 Å². The summed E-state index contributed by atoms with van der Waals surface area (Å²) in [7, 11) is -1.79. The van der Waals surface area contributed by atoms with Crippen molar-refractivity contribution in [2.24, 2.45) is 0 Å². The van der Waals surface area contributed by atoms with Gasteiger partial charge in [-0.3, -0.25) is 9.78 Å². The van der Waals surface area contributed by atoms with Crippen LogP contribution >= 0.6 is 0 Å². The minimum Gasteiger partial charge on any atom is -0.480 e. The number of rotatable bonds is 4. The summed E-state index contributed by atoms with van der Waals surface area (Å²) in [6, 6.07) is 3.86. The predicted molar refractivity (Wildman–Crippen MR) is 92.7 cm³/mol. The quantitative estimate of drug-likeness (QED) is 0.656. The maximum absolute atomic E-state index is 12.0. The standard InChI is InChI=1S/C17H24N2O3Si/c1-17(2,3)23(4,5)12-8-10-14(16(21)22)19-15(20)13-9-6-7-11-18-13/h6-7,9,11,14H,10H2,1-5H3,(H,19,20)(H,21,22)/t14-/m0/s1. The molecule has 1 aromatic heterocycles. The highest BCUT2D eigenvalue weighted by atomic mass is 28.3. The monoisotopic (exact) mass is 332 g/mol. The highest BCUT2D eigenvalue weighted by Crippen LogP contribution is 2.35. The fourth-order valence-corrected chi connectivity index (χ4v) is 2.41. The van der Waals surface area contributed by atoms with Gasteiger partial charge in [0.15, 0.2) is 0 Å². The second kappa shape index (κ2) is 7.42. The summed E-state index contributed by atoms with van der Waals surface area (Å²) >= 11 is 0. The van der Waals surface area contributed by atoms with Crippen molar-refractivity contribution in [3.8, 4) is 11.5 Å². The molecule has 0 aromatic carbocycles. The van der Waals surface area contributed by atoms with Gasteiger partial charge in [0, 0.05) is 12.6 Å². The van der Waals surface area contributed by atoms with E-state index in [1.165, 1.54) is 12.3 Å². The molecule has 1 rings (SSSR count). The maximum atomic E-state index is 12.0. The Morgan fingerprint density at radius 2 is 2.00 bits per heavy atom. The van der Waals surface area contributed by atoms with Crippen molar-refractivity contribution >= 4 is 20.0 Å². The van der Waals surface area contributed by atoms with Gasteiger partial charge in [0.1, 0.15) is 19.8 Å². The van der Waals surface area contributed by atoms with Crippen molar-refractivity contribution in [2.75, 3.05) is 0 Å². The van der Waals surface area contributed by atoms with Crippen LogP contribution in [0.2, 0.25) is 18.1 Å². The van der Waals surface area contributed by atoms with Gasteiger partial charge in [-0.15, -0.1) is 11.5 Å². The van der Waals surface area contributed by atoms with E-state index in [0.29, 0.717) is 0 Å². The summed E-state index contributed by atoms with van der Waals surface area (Å²) in [6.07, 6.45) is 1.57. The van der Waals surface area contributed by atoms with E-state index in [9.17, 15) is 14.7 Å². The van der Waals surface area contributed by atoms with Crippen molar-refractivity contribution in [1.82, 2.24) is 10.3 Å². The number of aromatic nitrogens is 1. The van der Waals surface area contributed by atoms with Crippen LogP contribution in [0, 0.1) is 11.5 Å². The Morgan fingerprint density at radius 3 is 2.48 bits per heavy atom.